The highest BCUT2D eigenvalue weighted by atomic mass is 19.1. The third-order valence-corrected chi connectivity index (χ3v) is 2.91. The smallest absolute Gasteiger partial charge is 0.359 e. The quantitative estimate of drug-likeness (QED) is 0.468. The molecule has 0 aromatic carbocycles. The molecule has 0 bridgehead atoms. The van der Waals surface area contributed by atoms with Crippen LogP contribution >= 0.6 is 0 Å². The molecule has 8 heteroatoms. The van der Waals surface area contributed by atoms with Crippen molar-refractivity contribution in [2.75, 3.05) is 13.2 Å². The Balaban J connectivity index is 2.57. The number of hydrogen-bond donors (Lipinski definition) is 0. The van der Waals surface area contributed by atoms with Crippen molar-refractivity contribution in [2.24, 2.45) is 0 Å². The average Bonchev–Trinajstić information content (AvgIpc) is 2.84. The molecular weight excluding hydrogens is 302 g/mol. The summed E-state index contributed by atoms with van der Waals surface area (Å²) in [5, 5.41) is 0. The lowest BCUT2D eigenvalue weighted by molar-refractivity contribution is -0.137. The molecule has 0 aliphatic carbocycles. The van der Waals surface area contributed by atoms with E-state index in [9.17, 15) is 14.0 Å². The van der Waals surface area contributed by atoms with Crippen molar-refractivity contribution in [3.63, 3.8) is 0 Å². The van der Waals surface area contributed by atoms with E-state index in [0.29, 0.717) is 0 Å². The molecule has 0 spiro atoms. The minimum atomic E-state index is -0.682. The third kappa shape index (κ3) is 3.58. The molecule has 2 heterocycles. The van der Waals surface area contributed by atoms with Gasteiger partial charge in [0.15, 0.2) is 5.69 Å². The van der Waals surface area contributed by atoms with Crippen molar-refractivity contribution in [1.82, 2.24) is 9.38 Å². The van der Waals surface area contributed by atoms with E-state index >= 15 is 0 Å². The van der Waals surface area contributed by atoms with Gasteiger partial charge in [-0.3, -0.25) is 4.40 Å². The molecule has 0 unspecified atom stereocenters. The van der Waals surface area contributed by atoms with Gasteiger partial charge < -0.3 is 9.47 Å². The minimum absolute atomic E-state index is 0.0441. The lowest BCUT2D eigenvalue weighted by atomic mass is 9.98. The predicted molar refractivity (Wildman–Crippen MR) is 82.2 cm³/mol. The number of ether oxygens (including phenoxy) is 2. The fraction of sp³-hybridized carbons (Fsp3) is 0.267. The van der Waals surface area contributed by atoms with Crippen LogP contribution in [0.5, 0.6) is 0 Å². The molecular formula is C15H14BFN2O4. The summed E-state index contributed by atoms with van der Waals surface area (Å²) in [5.74, 6) is -1.91. The number of carbonyl (C=O) groups excluding carboxylic acids is 2. The van der Waals surface area contributed by atoms with Crippen LogP contribution in [-0.4, -0.2) is 42.4 Å². The van der Waals surface area contributed by atoms with Gasteiger partial charge in [-0.1, -0.05) is 0 Å². The second-order valence-electron chi connectivity index (χ2n) is 4.46. The lowest BCUT2D eigenvalue weighted by Gasteiger charge is -2.02. The number of aromatic nitrogens is 2. The second kappa shape index (κ2) is 7.08. The van der Waals surface area contributed by atoms with E-state index in [-0.39, 0.29) is 35.7 Å². The first-order chi connectivity index (χ1) is 11.0. The average molecular weight is 316 g/mol. The van der Waals surface area contributed by atoms with Gasteiger partial charge in [0, 0.05) is 18.3 Å². The zero-order chi connectivity index (χ0) is 17.0. The van der Waals surface area contributed by atoms with E-state index in [1.807, 2.05) is 0 Å². The maximum Gasteiger partial charge on any atom is 0.359 e. The molecule has 0 fully saturated rings. The number of esters is 2. The third-order valence-electron chi connectivity index (χ3n) is 2.91. The highest BCUT2D eigenvalue weighted by molar-refractivity contribution is 6.32. The summed E-state index contributed by atoms with van der Waals surface area (Å²) in [6.07, 6.45) is 3.78. The van der Waals surface area contributed by atoms with Crippen LogP contribution in [0.15, 0.2) is 18.3 Å². The fourth-order valence-corrected chi connectivity index (χ4v) is 1.94. The molecule has 0 saturated heterocycles. The Morgan fingerprint density at radius 3 is 2.70 bits per heavy atom. The number of rotatable bonds is 5. The number of halogens is 1. The van der Waals surface area contributed by atoms with Gasteiger partial charge in [-0.2, -0.15) is 0 Å². The number of nitrogens with zero attached hydrogens (tertiary/aromatic N) is 2. The molecule has 0 amide bonds. The SMILES string of the molecule is [B]c1cn2c(C=CC(=O)OCC)c(C(=O)OCC)nc2cc1F. The van der Waals surface area contributed by atoms with Gasteiger partial charge >= 0.3 is 11.9 Å². The molecule has 6 nitrogen and oxygen atoms in total. The molecule has 0 N–H and O–H groups in total. The molecule has 2 radical (unpaired) electrons. The topological polar surface area (TPSA) is 69.9 Å². The first-order valence-corrected chi connectivity index (χ1v) is 6.97. The Bertz CT molecular complexity index is 785. The van der Waals surface area contributed by atoms with Crippen LogP contribution in [0, 0.1) is 5.82 Å². The molecule has 0 saturated carbocycles. The zero-order valence-electron chi connectivity index (χ0n) is 12.7. The predicted octanol–water partition coefficient (Wildman–Crippen LogP) is 1.02. The van der Waals surface area contributed by atoms with Crippen LogP contribution in [-0.2, 0) is 14.3 Å². The summed E-state index contributed by atoms with van der Waals surface area (Å²) >= 11 is 0. The molecule has 0 atom stereocenters. The van der Waals surface area contributed by atoms with Crippen LogP contribution in [0.25, 0.3) is 11.7 Å². The number of pyridine rings is 1. The molecule has 23 heavy (non-hydrogen) atoms. The molecule has 118 valence electrons. The lowest BCUT2D eigenvalue weighted by Crippen LogP contribution is -2.11. The molecule has 2 rings (SSSR count). The van der Waals surface area contributed by atoms with E-state index in [1.54, 1.807) is 13.8 Å². The maximum atomic E-state index is 13.6. The maximum absolute atomic E-state index is 13.6. The van der Waals surface area contributed by atoms with Crippen molar-refractivity contribution in [3.8, 4) is 0 Å². The Kier molecular flexibility index (Phi) is 5.15. The number of imidazole rings is 1. The van der Waals surface area contributed by atoms with Crippen molar-refractivity contribution < 1.29 is 23.5 Å². The highest BCUT2D eigenvalue weighted by Gasteiger charge is 2.19. The van der Waals surface area contributed by atoms with E-state index < -0.39 is 17.8 Å². The minimum Gasteiger partial charge on any atom is -0.463 e. The summed E-state index contributed by atoms with van der Waals surface area (Å²) in [4.78, 5) is 27.5. The first-order valence-electron chi connectivity index (χ1n) is 6.97. The van der Waals surface area contributed by atoms with Gasteiger partial charge in [0.1, 0.15) is 19.3 Å². The summed E-state index contributed by atoms with van der Waals surface area (Å²) in [6, 6.07) is 1.10. The fourth-order valence-electron chi connectivity index (χ4n) is 1.94. The van der Waals surface area contributed by atoms with E-state index in [4.69, 9.17) is 17.3 Å². The van der Waals surface area contributed by atoms with E-state index in [1.165, 1.54) is 16.7 Å². The number of fused-ring (bicyclic) bond motifs is 1. The van der Waals surface area contributed by atoms with Crippen molar-refractivity contribution >= 4 is 37.0 Å². The second-order valence-corrected chi connectivity index (χ2v) is 4.46. The summed E-state index contributed by atoms with van der Waals surface area (Å²) in [6.45, 7) is 3.70. The van der Waals surface area contributed by atoms with Crippen LogP contribution in [0.3, 0.4) is 0 Å². The molecule has 0 aliphatic heterocycles. The number of hydrogen-bond acceptors (Lipinski definition) is 5. The Morgan fingerprint density at radius 2 is 2.04 bits per heavy atom. The van der Waals surface area contributed by atoms with E-state index in [2.05, 4.69) is 4.98 Å². The monoisotopic (exact) mass is 316 g/mol. The summed E-state index contributed by atoms with van der Waals surface area (Å²) in [5.41, 5.74) is 0.259. The Morgan fingerprint density at radius 1 is 1.35 bits per heavy atom. The molecule has 2 aromatic rings. The first kappa shape index (κ1) is 16.7. The van der Waals surface area contributed by atoms with Crippen molar-refractivity contribution in [3.05, 3.63) is 35.5 Å². The van der Waals surface area contributed by atoms with Gasteiger partial charge in [-0.05, 0) is 25.4 Å². The summed E-state index contributed by atoms with van der Waals surface area (Å²) < 4.78 is 24.7. The van der Waals surface area contributed by atoms with Gasteiger partial charge in [0.2, 0.25) is 0 Å². The van der Waals surface area contributed by atoms with Crippen LogP contribution in [0.2, 0.25) is 0 Å². The van der Waals surface area contributed by atoms with E-state index in [0.717, 1.165) is 12.1 Å². The van der Waals surface area contributed by atoms with Crippen LogP contribution in [0.1, 0.15) is 30.0 Å². The molecule has 0 aliphatic rings. The number of carbonyl (C=O) groups is 2. The molecule has 2 aromatic heterocycles. The largest absolute Gasteiger partial charge is 0.463 e. The normalized spacial score (nSPS) is 11.1. The van der Waals surface area contributed by atoms with Crippen LogP contribution in [0.4, 0.5) is 4.39 Å². The van der Waals surface area contributed by atoms with Crippen molar-refractivity contribution in [2.45, 2.75) is 13.8 Å². The Hall–Kier alpha value is -2.64. The zero-order valence-corrected chi connectivity index (χ0v) is 12.7. The van der Waals surface area contributed by atoms with Gasteiger partial charge in [0.25, 0.3) is 0 Å². The van der Waals surface area contributed by atoms with Gasteiger partial charge in [-0.15, -0.1) is 0 Å². The van der Waals surface area contributed by atoms with Gasteiger partial charge in [0.05, 0.1) is 18.9 Å². The van der Waals surface area contributed by atoms with Crippen LogP contribution < -0.4 is 5.46 Å². The Labute approximate surface area is 133 Å². The highest BCUT2D eigenvalue weighted by Crippen LogP contribution is 2.16. The van der Waals surface area contributed by atoms with Crippen molar-refractivity contribution in [1.29, 1.82) is 0 Å². The standard InChI is InChI=1S/C15H14BFN2O4/c1-3-22-13(20)6-5-11-14(15(21)23-4-2)18-12-7-10(17)9(16)8-19(11)12/h5-8H,3-4H2,1-2H3. The van der Waals surface area contributed by atoms with Gasteiger partial charge in [-0.25, -0.2) is 19.0 Å². The summed E-state index contributed by atoms with van der Waals surface area (Å²) in [7, 11) is 5.55.